The van der Waals surface area contributed by atoms with Gasteiger partial charge in [0.05, 0.1) is 32.6 Å². The average molecular weight is 591 g/mol. The van der Waals surface area contributed by atoms with Crippen LogP contribution < -0.4 is 10.1 Å². The number of aromatic nitrogens is 2. The third-order valence-electron chi connectivity index (χ3n) is 7.27. The fraction of sp³-hybridized carbons (Fsp3) is 0.306. The molecule has 1 aliphatic heterocycles. The number of esters is 1. The van der Waals surface area contributed by atoms with Crippen molar-refractivity contribution in [2.75, 3.05) is 45.3 Å². The first-order chi connectivity index (χ1) is 21.6. The van der Waals surface area contributed by atoms with Crippen LogP contribution in [0.1, 0.15) is 52.5 Å². The molecule has 3 aromatic carbocycles. The average Bonchev–Trinajstić information content (AvgIpc) is 3.08. The lowest BCUT2D eigenvalue weighted by atomic mass is 10.1. The summed E-state index contributed by atoms with van der Waals surface area (Å²) >= 11 is 0. The van der Waals surface area contributed by atoms with Gasteiger partial charge in [-0.25, -0.2) is 14.8 Å². The van der Waals surface area contributed by atoms with Crippen molar-refractivity contribution in [2.45, 2.75) is 32.9 Å². The topological polar surface area (TPSA) is 85.8 Å². The standard InChI is InChI=1S/C36H38N4O4/c1-3-4-21-44-35(41)34-24-33(38-36(39-34)37-25-29-13-17-32(42-2)18-14-29)31-15-11-28(12-16-31)6-5-27-7-9-30(10-8-27)26-40-19-22-43-23-20-40/h7-18,24H,3-4,19-23,25-26H2,1-2H3,(H,37,38,39). The lowest BCUT2D eigenvalue weighted by Gasteiger charge is -2.26. The van der Waals surface area contributed by atoms with Crippen molar-refractivity contribution in [3.05, 3.63) is 107 Å². The van der Waals surface area contributed by atoms with Crippen molar-refractivity contribution in [1.82, 2.24) is 14.9 Å². The van der Waals surface area contributed by atoms with Gasteiger partial charge in [-0.15, -0.1) is 0 Å². The van der Waals surface area contributed by atoms with Crippen molar-refractivity contribution in [3.63, 3.8) is 0 Å². The molecule has 2 heterocycles. The first-order valence-corrected chi connectivity index (χ1v) is 15.0. The number of morpholine rings is 1. The summed E-state index contributed by atoms with van der Waals surface area (Å²) in [5, 5.41) is 3.25. The number of hydrogen-bond acceptors (Lipinski definition) is 8. The van der Waals surface area contributed by atoms with E-state index in [9.17, 15) is 4.79 Å². The minimum atomic E-state index is -0.465. The Balaban J connectivity index is 1.29. The Kier molecular flexibility index (Phi) is 10.9. The molecule has 0 amide bonds. The Morgan fingerprint density at radius 2 is 1.57 bits per heavy atom. The van der Waals surface area contributed by atoms with Crippen LogP contribution in [0.3, 0.4) is 0 Å². The summed E-state index contributed by atoms with van der Waals surface area (Å²) in [6, 6.07) is 25.7. The smallest absolute Gasteiger partial charge is 0.357 e. The molecule has 226 valence electrons. The van der Waals surface area contributed by atoms with E-state index in [1.54, 1.807) is 13.2 Å². The third kappa shape index (κ3) is 8.90. The minimum Gasteiger partial charge on any atom is -0.497 e. The molecule has 8 heteroatoms. The van der Waals surface area contributed by atoms with Crippen LogP contribution in [-0.4, -0.2) is 60.9 Å². The molecule has 0 spiro atoms. The van der Waals surface area contributed by atoms with Crippen molar-refractivity contribution in [2.24, 2.45) is 0 Å². The summed E-state index contributed by atoms with van der Waals surface area (Å²) in [4.78, 5) is 24.4. The molecule has 4 aromatic rings. The summed E-state index contributed by atoms with van der Waals surface area (Å²) < 4.78 is 16.1. The minimum absolute atomic E-state index is 0.212. The molecule has 1 N–H and O–H groups in total. The fourth-order valence-electron chi connectivity index (χ4n) is 4.67. The second-order valence-electron chi connectivity index (χ2n) is 10.6. The van der Waals surface area contributed by atoms with Gasteiger partial charge in [0.25, 0.3) is 0 Å². The zero-order chi connectivity index (χ0) is 30.6. The molecule has 0 saturated carbocycles. The molecule has 0 atom stereocenters. The quantitative estimate of drug-likeness (QED) is 0.130. The summed E-state index contributed by atoms with van der Waals surface area (Å²) in [7, 11) is 1.64. The van der Waals surface area contributed by atoms with Crippen LogP contribution in [0.2, 0.25) is 0 Å². The maximum absolute atomic E-state index is 12.8. The number of ether oxygens (including phenoxy) is 3. The molecule has 0 radical (unpaired) electrons. The molecule has 1 fully saturated rings. The molecular formula is C36H38N4O4. The molecule has 0 bridgehead atoms. The predicted octanol–water partition coefficient (Wildman–Crippen LogP) is 5.95. The Labute approximate surface area is 259 Å². The number of anilines is 1. The number of carbonyl (C=O) groups excluding carboxylic acids is 1. The zero-order valence-corrected chi connectivity index (χ0v) is 25.3. The first kappa shape index (κ1) is 30.7. The lowest BCUT2D eigenvalue weighted by Crippen LogP contribution is -2.35. The van der Waals surface area contributed by atoms with Gasteiger partial charge in [-0.1, -0.05) is 61.6 Å². The van der Waals surface area contributed by atoms with Crippen molar-refractivity contribution >= 4 is 11.9 Å². The Morgan fingerprint density at radius 3 is 2.23 bits per heavy atom. The van der Waals surface area contributed by atoms with E-state index in [0.29, 0.717) is 24.8 Å². The van der Waals surface area contributed by atoms with Gasteiger partial charge in [0, 0.05) is 42.9 Å². The van der Waals surface area contributed by atoms with Crippen LogP contribution in [0, 0.1) is 11.8 Å². The van der Waals surface area contributed by atoms with E-state index in [1.165, 1.54) is 5.56 Å². The molecule has 0 unspecified atom stereocenters. The molecule has 8 nitrogen and oxygen atoms in total. The van der Waals surface area contributed by atoms with E-state index >= 15 is 0 Å². The maximum Gasteiger partial charge on any atom is 0.357 e. The van der Waals surface area contributed by atoms with Gasteiger partial charge < -0.3 is 19.5 Å². The summed E-state index contributed by atoms with van der Waals surface area (Å²) in [5.74, 6) is 7.18. The van der Waals surface area contributed by atoms with Gasteiger partial charge in [-0.2, -0.15) is 0 Å². The van der Waals surface area contributed by atoms with Crippen LogP contribution >= 0.6 is 0 Å². The summed E-state index contributed by atoms with van der Waals surface area (Å²) in [5.41, 5.74) is 5.84. The van der Waals surface area contributed by atoms with Gasteiger partial charge in [-0.3, -0.25) is 4.90 Å². The maximum atomic E-state index is 12.8. The van der Waals surface area contributed by atoms with Crippen LogP contribution in [0.25, 0.3) is 11.3 Å². The fourth-order valence-corrected chi connectivity index (χ4v) is 4.67. The van der Waals surface area contributed by atoms with Crippen molar-refractivity contribution in [3.8, 4) is 28.8 Å². The highest BCUT2D eigenvalue weighted by Crippen LogP contribution is 2.21. The zero-order valence-electron chi connectivity index (χ0n) is 25.3. The van der Waals surface area contributed by atoms with Gasteiger partial charge in [-0.05, 0) is 60.0 Å². The highest BCUT2D eigenvalue weighted by molar-refractivity contribution is 5.89. The SMILES string of the molecule is CCCCOC(=O)c1cc(-c2ccc(C#Cc3ccc(CN4CCOCC4)cc3)cc2)nc(NCc2ccc(OC)cc2)n1. The molecule has 0 aliphatic carbocycles. The third-order valence-corrected chi connectivity index (χ3v) is 7.27. The highest BCUT2D eigenvalue weighted by Gasteiger charge is 2.15. The van der Waals surface area contributed by atoms with E-state index in [2.05, 4.69) is 58.2 Å². The number of rotatable bonds is 11. The van der Waals surface area contributed by atoms with Gasteiger partial charge in [0.2, 0.25) is 5.95 Å². The second kappa shape index (κ2) is 15.7. The predicted molar refractivity (Wildman–Crippen MR) is 171 cm³/mol. The molecular weight excluding hydrogens is 552 g/mol. The summed E-state index contributed by atoms with van der Waals surface area (Å²) in [6.07, 6.45) is 1.74. The molecule has 1 saturated heterocycles. The van der Waals surface area contributed by atoms with Gasteiger partial charge in [0.1, 0.15) is 5.75 Å². The van der Waals surface area contributed by atoms with E-state index < -0.39 is 5.97 Å². The van der Waals surface area contributed by atoms with E-state index in [-0.39, 0.29) is 5.69 Å². The number of methoxy groups -OCH3 is 1. The number of nitrogens with zero attached hydrogens (tertiary/aromatic N) is 3. The van der Waals surface area contributed by atoms with Crippen molar-refractivity contribution < 1.29 is 19.0 Å². The number of hydrogen-bond donors (Lipinski definition) is 1. The Bertz CT molecular complexity index is 1570. The Hall–Kier alpha value is -4.71. The lowest BCUT2D eigenvalue weighted by molar-refractivity contribution is 0.0342. The number of carbonyl (C=O) groups is 1. The van der Waals surface area contributed by atoms with Crippen LogP contribution in [0.15, 0.2) is 78.9 Å². The monoisotopic (exact) mass is 590 g/mol. The molecule has 1 aliphatic rings. The van der Waals surface area contributed by atoms with E-state index in [1.807, 2.05) is 48.5 Å². The van der Waals surface area contributed by atoms with Crippen LogP contribution in [0.5, 0.6) is 5.75 Å². The van der Waals surface area contributed by atoms with Crippen molar-refractivity contribution in [1.29, 1.82) is 0 Å². The number of nitrogens with one attached hydrogen (secondary N) is 1. The molecule has 44 heavy (non-hydrogen) atoms. The van der Waals surface area contributed by atoms with E-state index in [0.717, 1.165) is 73.7 Å². The van der Waals surface area contributed by atoms with Gasteiger partial charge in [0.15, 0.2) is 5.69 Å². The largest absolute Gasteiger partial charge is 0.497 e. The highest BCUT2D eigenvalue weighted by atomic mass is 16.5. The van der Waals surface area contributed by atoms with E-state index in [4.69, 9.17) is 19.2 Å². The Morgan fingerprint density at radius 1 is 0.909 bits per heavy atom. The van der Waals surface area contributed by atoms with Gasteiger partial charge >= 0.3 is 5.97 Å². The second-order valence-corrected chi connectivity index (χ2v) is 10.6. The normalized spacial score (nSPS) is 13.0. The number of unbranched alkanes of at least 4 members (excludes halogenated alkanes) is 1. The first-order valence-electron chi connectivity index (χ1n) is 15.0. The summed E-state index contributed by atoms with van der Waals surface area (Å²) in [6.45, 7) is 7.36. The number of benzene rings is 3. The molecule has 5 rings (SSSR count). The molecule has 1 aromatic heterocycles. The van der Waals surface area contributed by atoms with Crippen LogP contribution in [-0.2, 0) is 22.6 Å². The van der Waals surface area contributed by atoms with Crippen LogP contribution in [0.4, 0.5) is 5.95 Å².